The lowest BCUT2D eigenvalue weighted by atomic mass is 9.82. The number of anilines is 5. The number of rotatable bonds is 14. The average Bonchev–Trinajstić information content (AvgIpc) is 3.71. The quantitative estimate of drug-likeness (QED) is 0.100. The fourth-order valence-electron chi connectivity index (χ4n) is 10.6. The molecule has 3 aliphatic rings. The summed E-state index contributed by atoms with van der Waals surface area (Å²) in [4.78, 5) is 9.06. The van der Waals surface area contributed by atoms with Crippen LogP contribution in [0.25, 0.3) is 33.4 Å². The van der Waals surface area contributed by atoms with Gasteiger partial charge in [-0.1, -0.05) is 201 Å². The van der Waals surface area contributed by atoms with E-state index in [9.17, 15) is 0 Å². The van der Waals surface area contributed by atoms with Crippen LogP contribution in [0.15, 0.2) is 300 Å². The topological polar surface area (TPSA) is 6.48 Å². The summed E-state index contributed by atoms with van der Waals surface area (Å²) in [5.41, 5.74) is 15.6. The molecule has 0 spiro atoms. The molecule has 11 rings (SSSR count). The minimum absolute atomic E-state index is 0.469. The van der Waals surface area contributed by atoms with Gasteiger partial charge in [0.05, 0.1) is 5.69 Å². The van der Waals surface area contributed by atoms with Crippen LogP contribution in [0.2, 0.25) is 0 Å². The number of nitrogens with zero attached hydrogens (tertiary/aromatic N) is 2. The molecule has 346 valence electrons. The molecule has 0 aromatic heterocycles. The van der Waals surface area contributed by atoms with Gasteiger partial charge >= 0.3 is 0 Å². The monoisotopic (exact) mass is 934 g/mol. The second kappa shape index (κ2) is 20.5. The van der Waals surface area contributed by atoms with Crippen molar-refractivity contribution in [1.29, 1.82) is 0 Å². The van der Waals surface area contributed by atoms with Gasteiger partial charge < -0.3 is 9.80 Å². The van der Waals surface area contributed by atoms with Crippen molar-refractivity contribution in [2.24, 2.45) is 11.8 Å². The van der Waals surface area contributed by atoms with Crippen LogP contribution < -0.4 is 9.80 Å². The van der Waals surface area contributed by atoms with Gasteiger partial charge in [-0.2, -0.15) is 10.0 Å². The first-order valence-electron chi connectivity index (χ1n) is 24.8. The van der Waals surface area contributed by atoms with Gasteiger partial charge in [-0.25, -0.2) is 0 Å². The Morgan fingerprint density at radius 2 is 1.11 bits per heavy atom. The van der Waals surface area contributed by atoms with Crippen molar-refractivity contribution >= 4 is 38.5 Å². The summed E-state index contributed by atoms with van der Waals surface area (Å²) < 4.78 is 0. The zero-order chi connectivity index (χ0) is 48.0. The third kappa shape index (κ3) is 9.13. The molecular formula is C68H58N2S. The second-order valence-corrected chi connectivity index (χ2v) is 21.8. The smallest absolute Gasteiger partial charge is 0.0551 e. The van der Waals surface area contributed by atoms with Gasteiger partial charge in [0, 0.05) is 43.8 Å². The fraction of sp³-hybridized carbons (Fsp3) is 0.0882. The largest absolute Gasteiger partial charge is 0.311 e. The number of fused-ring (bicyclic) bond motifs is 3. The van der Waals surface area contributed by atoms with Crippen LogP contribution >= 0.6 is 10.0 Å². The minimum Gasteiger partial charge on any atom is -0.311 e. The summed E-state index contributed by atoms with van der Waals surface area (Å²) in [5.74, 6) is 0.985. The van der Waals surface area contributed by atoms with Gasteiger partial charge in [0.25, 0.3) is 0 Å². The molecule has 8 aromatic carbocycles. The van der Waals surface area contributed by atoms with Crippen molar-refractivity contribution in [1.82, 2.24) is 0 Å². The standard InChI is InChI=1S/C68H58N2S/c1-3-4-5-6-11-21-51-32-40-60(41-33-51)70(61-46-38-57(39-47-61)54-26-16-9-17-27-54)65-30-20-31-66-68(65)64-49-48-62(50-67(64)71(66,2)63-28-18-10-19-29-63)69(58-42-34-55(35-43-58)52-22-12-7-13-23-52)59-44-36-56(37-45-59)53-24-14-8-15-25-53/h3-20,22-24,26-36,38-50,53,56H,1,21,25,37H2,2H3/b5-4-,11-6-. The first-order chi connectivity index (χ1) is 35.1. The van der Waals surface area contributed by atoms with Crippen molar-refractivity contribution < 1.29 is 0 Å². The lowest BCUT2D eigenvalue weighted by Gasteiger charge is -2.36. The summed E-state index contributed by atoms with van der Waals surface area (Å²) in [5, 5.41) is 0. The number of allylic oxidation sites excluding steroid dienone is 12. The maximum Gasteiger partial charge on any atom is 0.0551 e. The highest BCUT2D eigenvalue weighted by Gasteiger charge is 2.40. The number of benzene rings is 8. The Bertz CT molecular complexity index is 3340. The van der Waals surface area contributed by atoms with Crippen LogP contribution in [0.4, 0.5) is 28.4 Å². The Balaban J connectivity index is 1.05. The van der Waals surface area contributed by atoms with Crippen LogP contribution in [0.3, 0.4) is 0 Å². The molecule has 3 heteroatoms. The van der Waals surface area contributed by atoms with E-state index >= 15 is 0 Å². The summed E-state index contributed by atoms with van der Waals surface area (Å²) in [6.07, 6.45) is 31.9. The number of hydrogen-bond acceptors (Lipinski definition) is 2. The Labute approximate surface area is 422 Å². The molecule has 3 atom stereocenters. The molecule has 8 aromatic rings. The molecule has 0 saturated heterocycles. The molecule has 1 heterocycles. The fourth-order valence-corrected chi connectivity index (χ4v) is 13.9. The maximum atomic E-state index is 3.80. The van der Waals surface area contributed by atoms with Crippen LogP contribution in [0.1, 0.15) is 18.4 Å². The van der Waals surface area contributed by atoms with E-state index in [2.05, 4.69) is 278 Å². The van der Waals surface area contributed by atoms with E-state index in [1.54, 1.807) is 6.08 Å². The zero-order valence-electron chi connectivity index (χ0n) is 40.3. The van der Waals surface area contributed by atoms with E-state index in [4.69, 9.17) is 0 Å². The molecule has 0 saturated carbocycles. The molecule has 0 radical (unpaired) electrons. The Hall–Kier alpha value is -8.11. The van der Waals surface area contributed by atoms with Gasteiger partial charge in [-0.15, -0.1) is 0 Å². The van der Waals surface area contributed by atoms with Gasteiger partial charge in [-0.05, 0) is 155 Å². The highest BCUT2D eigenvalue weighted by molar-refractivity contribution is 8.33. The van der Waals surface area contributed by atoms with Gasteiger partial charge in [-0.3, -0.25) is 0 Å². The summed E-state index contributed by atoms with van der Waals surface area (Å²) in [6, 6.07) is 74.2. The van der Waals surface area contributed by atoms with E-state index < -0.39 is 10.0 Å². The van der Waals surface area contributed by atoms with E-state index in [0.29, 0.717) is 11.8 Å². The Kier molecular flexibility index (Phi) is 13.1. The van der Waals surface area contributed by atoms with Crippen molar-refractivity contribution in [2.45, 2.75) is 33.9 Å². The first kappa shape index (κ1) is 45.3. The zero-order valence-corrected chi connectivity index (χ0v) is 41.1. The highest BCUT2D eigenvalue weighted by Crippen LogP contribution is 2.75. The van der Waals surface area contributed by atoms with Crippen LogP contribution in [0, 0.1) is 11.8 Å². The molecule has 2 nitrogen and oxygen atoms in total. The van der Waals surface area contributed by atoms with Crippen molar-refractivity contribution in [3.8, 4) is 33.4 Å². The molecule has 0 amide bonds. The first-order valence-corrected chi connectivity index (χ1v) is 26.9. The van der Waals surface area contributed by atoms with Crippen molar-refractivity contribution in [3.05, 3.63) is 291 Å². The molecule has 0 fully saturated rings. The van der Waals surface area contributed by atoms with Crippen molar-refractivity contribution in [3.63, 3.8) is 0 Å². The van der Waals surface area contributed by atoms with E-state index in [-0.39, 0.29) is 0 Å². The summed E-state index contributed by atoms with van der Waals surface area (Å²) in [6.45, 7) is 3.80. The lowest BCUT2D eigenvalue weighted by molar-refractivity contribution is 0.476. The molecule has 71 heavy (non-hydrogen) atoms. The van der Waals surface area contributed by atoms with Crippen LogP contribution in [-0.4, -0.2) is 6.26 Å². The SMILES string of the molecule is C=C/C=C\C=C/Cc1ccc(N(c2ccc(-c3ccccc3)cc2)c2cccc3c2-c2ccc(N(C4=CCC(C5C=CC=CC5)C=C4)c4ccc(-c5ccccc5)cc4)cc2S3(C)c2ccccc2)cc1. The highest BCUT2D eigenvalue weighted by atomic mass is 32.3. The van der Waals surface area contributed by atoms with Gasteiger partial charge in [0.1, 0.15) is 0 Å². The molecule has 1 aliphatic heterocycles. The molecule has 0 N–H and O–H groups in total. The minimum atomic E-state index is -1.75. The Morgan fingerprint density at radius 3 is 1.72 bits per heavy atom. The van der Waals surface area contributed by atoms with Crippen molar-refractivity contribution in [2.75, 3.05) is 16.1 Å². The molecular weight excluding hydrogens is 877 g/mol. The van der Waals surface area contributed by atoms with Gasteiger partial charge in [0.2, 0.25) is 0 Å². The number of hydrogen-bond donors (Lipinski definition) is 0. The summed E-state index contributed by atoms with van der Waals surface area (Å²) >= 11 is 0. The Morgan fingerprint density at radius 1 is 0.521 bits per heavy atom. The predicted octanol–water partition coefficient (Wildman–Crippen LogP) is 19.0. The summed E-state index contributed by atoms with van der Waals surface area (Å²) in [7, 11) is -1.75. The third-order valence-corrected chi connectivity index (χ3v) is 17.9. The molecule has 3 unspecified atom stereocenters. The van der Waals surface area contributed by atoms with Gasteiger partial charge in [0.15, 0.2) is 0 Å². The molecule has 0 bridgehead atoms. The normalized spacial score (nSPS) is 18.7. The third-order valence-electron chi connectivity index (χ3n) is 14.3. The maximum absolute atomic E-state index is 3.80. The van der Waals surface area contributed by atoms with E-state index in [0.717, 1.165) is 42.0 Å². The predicted molar refractivity (Wildman–Crippen MR) is 305 cm³/mol. The average molecular weight is 935 g/mol. The van der Waals surface area contributed by atoms with E-state index in [1.165, 1.54) is 65.0 Å². The second-order valence-electron chi connectivity index (χ2n) is 18.6. The van der Waals surface area contributed by atoms with Crippen LogP contribution in [-0.2, 0) is 6.42 Å². The van der Waals surface area contributed by atoms with E-state index in [1.807, 2.05) is 12.2 Å². The molecule has 2 aliphatic carbocycles. The lowest BCUT2D eigenvalue weighted by Crippen LogP contribution is -2.20. The van der Waals surface area contributed by atoms with Crippen LogP contribution in [0.5, 0.6) is 0 Å².